The monoisotopic (exact) mass is 223 g/mol. The van der Waals surface area contributed by atoms with E-state index >= 15 is 0 Å². The number of nitrogens with zero attached hydrogens (tertiary/aromatic N) is 2. The molecule has 0 amide bonds. The van der Waals surface area contributed by atoms with Gasteiger partial charge in [0.1, 0.15) is 5.82 Å². The molecule has 0 aliphatic heterocycles. The van der Waals surface area contributed by atoms with Gasteiger partial charge >= 0.3 is 0 Å². The molecule has 1 heterocycles. The normalized spacial score (nSPS) is 12.6. The minimum atomic E-state index is 0.444. The number of aromatic nitrogens is 2. The summed E-state index contributed by atoms with van der Waals surface area (Å²) in [6.07, 6.45) is 0. The molecule has 0 saturated carbocycles. The average molecular weight is 223 g/mol. The summed E-state index contributed by atoms with van der Waals surface area (Å²) in [6.45, 7) is 9.46. The predicted molar refractivity (Wildman–Crippen MR) is 67.1 cm³/mol. The van der Waals surface area contributed by atoms with Crippen LogP contribution in [0, 0.1) is 18.8 Å². The Balaban J connectivity index is 2.63. The van der Waals surface area contributed by atoms with E-state index in [1.54, 1.807) is 0 Å². The highest BCUT2D eigenvalue weighted by Crippen LogP contribution is 2.13. The van der Waals surface area contributed by atoms with Crippen molar-refractivity contribution in [3.05, 3.63) is 11.8 Å². The number of aryl methyl sites for hydroxylation is 1. The van der Waals surface area contributed by atoms with E-state index in [4.69, 9.17) is 5.84 Å². The zero-order chi connectivity index (χ0) is 12.1. The van der Waals surface area contributed by atoms with Gasteiger partial charge in [-0.2, -0.15) is 4.98 Å². The molecule has 0 spiro atoms. The van der Waals surface area contributed by atoms with E-state index < -0.39 is 0 Å². The molecule has 16 heavy (non-hydrogen) atoms. The van der Waals surface area contributed by atoms with Crippen LogP contribution in [0.1, 0.15) is 26.5 Å². The first kappa shape index (κ1) is 12.7. The Morgan fingerprint density at radius 1 is 1.31 bits per heavy atom. The molecular weight excluding hydrogens is 202 g/mol. The predicted octanol–water partition coefficient (Wildman–Crippen LogP) is 1.77. The minimum Gasteiger partial charge on any atom is -0.370 e. The Hall–Kier alpha value is -1.36. The van der Waals surface area contributed by atoms with Crippen molar-refractivity contribution in [3.63, 3.8) is 0 Å². The van der Waals surface area contributed by atoms with E-state index in [0.29, 0.717) is 17.8 Å². The standard InChI is InChI=1S/C11H21N5/c1-7(2)8(3)6-13-10-5-9(4)14-11(15-10)16-12/h5,7-8H,6,12H2,1-4H3,(H2,13,14,15,16). The SMILES string of the molecule is Cc1cc(NCC(C)C(C)C)nc(NN)n1. The largest absolute Gasteiger partial charge is 0.370 e. The van der Waals surface area contributed by atoms with Crippen LogP contribution in [0.25, 0.3) is 0 Å². The number of nitrogens with two attached hydrogens (primary N) is 1. The lowest BCUT2D eigenvalue weighted by Gasteiger charge is -2.16. The molecule has 1 atom stereocenters. The van der Waals surface area contributed by atoms with Gasteiger partial charge in [-0.3, -0.25) is 5.43 Å². The third-order valence-corrected chi connectivity index (χ3v) is 2.73. The molecule has 0 aliphatic carbocycles. The van der Waals surface area contributed by atoms with E-state index in [2.05, 4.69) is 41.5 Å². The fourth-order valence-electron chi connectivity index (χ4n) is 1.22. The van der Waals surface area contributed by atoms with E-state index in [-0.39, 0.29) is 0 Å². The van der Waals surface area contributed by atoms with Gasteiger partial charge in [-0.15, -0.1) is 0 Å². The van der Waals surface area contributed by atoms with E-state index in [1.807, 2.05) is 13.0 Å². The third kappa shape index (κ3) is 3.66. The first-order chi connectivity index (χ1) is 7.52. The Morgan fingerprint density at radius 2 is 2.00 bits per heavy atom. The zero-order valence-electron chi connectivity index (χ0n) is 10.4. The van der Waals surface area contributed by atoms with Crippen LogP contribution in [0.5, 0.6) is 0 Å². The van der Waals surface area contributed by atoms with Gasteiger partial charge in [0.25, 0.3) is 0 Å². The van der Waals surface area contributed by atoms with Crippen molar-refractivity contribution in [1.29, 1.82) is 0 Å². The number of hydrazine groups is 1. The third-order valence-electron chi connectivity index (χ3n) is 2.73. The van der Waals surface area contributed by atoms with E-state index in [1.165, 1.54) is 0 Å². The molecular formula is C11H21N5. The lowest BCUT2D eigenvalue weighted by atomic mass is 9.98. The van der Waals surface area contributed by atoms with Crippen molar-refractivity contribution in [3.8, 4) is 0 Å². The number of hydrogen-bond donors (Lipinski definition) is 3. The molecule has 0 radical (unpaired) electrons. The molecule has 4 N–H and O–H groups in total. The van der Waals surface area contributed by atoms with Gasteiger partial charge in [-0.25, -0.2) is 10.8 Å². The van der Waals surface area contributed by atoms with Gasteiger partial charge in [0.05, 0.1) is 0 Å². The fourth-order valence-corrected chi connectivity index (χ4v) is 1.22. The van der Waals surface area contributed by atoms with Crippen molar-refractivity contribution in [2.24, 2.45) is 17.7 Å². The number of anilines is 2. The maximum Gasteiger partial charge on any atom is 0.239 e. The van der Waals surface area contributed by atoms with Crippen molar-refractivity contribution >= 4 is 11.8 Å². The molecule has 90 valence electrons. The van der Waals surface area contributed by atoms with Crippen molar-refractivity contribution < 1.29 is 0 Å². The average Bonchev–Trinajstić information content (AvgIpc) is 2.24. The minimum absolute atomic E-state index is 0.444. The molecule has 5 heteroatoms. The summed E-state index contributed by atoms with van der Waals surface area (Å²) in [4.78, 5) is 8.35. The van der Waals surface area contributed by atoms with Gasteiger partial charge in [-0.05, 0) is 18.8 Å². The maximum absolute atomic E-state index is 5.29. The lowest BCUT2D eigenvalue weighted by Crippen LogP contribution is -2.18. The quantitative estimate of drug-likeness (QED) is 0.524. The number of nitrogen functional groups attached to an aromatic ring is 1. The van der Waals surface area contributed by atoms with Crippen LogP contribution in [0.3, 0.4) is 0 Å². The van der Waals surface area contributed by atoms with Crippen molar-refractivity contribution in [2.45, 2.75) is 27.7 Å². The summed E-state index contributed by atoms with van der Waals surface area (Å²) in [7, 11) is 0. The van der Waals surface area contributed by atoms with Crippen LogP contribution in [-0.2, 0) is 0 Å². The smallest absolute Gasteiger partial charge is 0.239 e. The molecule has 1 aromatic rings. The van der Waals surface area contributed by atoms with Crippen molar-refractivity contribution in [2.75, 3.05) is 17.3 Å². The zero-order valence-corrected chi connectivity index (χ0v) is 10.4. The summed E-state index contributed by atoms with van der Waals surface area (Å²) in [5.41, 5.74) is 3.35. The van der Waals surface area contributed by atoms with Crippen LogP contribution >= 0.6 is 0 Å². The molecule has 0 aliphatic rings. The molecule has 5 nitrogen and oxygen atoms in total. The maximum atomic E-state index is 5.29. The van der Waals surface area contributed by atoms with Crippen molar-refractivity contribution in [1.82, 2.24) is 9.97 Å². The summed E-state index contributed by atoms with van der Waals surface area (Å²) in [6, 6.07) is 1.91. The highest BCUT2D eigenvalue weighted by atomic mass is 15.3. The number of hydrogen-bond acceptors (Lipinski definition) is 5. The van der Waals surface area contributed by atoms with Gasteiger partial charge in [0.15, 0.2) is 0 Å². The summed E-state index contributed by atoms with van der Waals surface area (Å²) < 4.78 is 0. The van der Waals surface area contributed by atoms with Crippen LogP contribution in [0.4, 0.5) is 11.8 Å². The lowest BCUT2D eigenvalue weighted by molar-refractivity contribution is 0.439. The number of rotatable bonds is 5. The Kier molecular flexibility index (Phi) is 4.49. The second-order valence-electron chi connectivity index (χ2n) is 4.46. The molecule has 0 aromatic carbocycles. The number of nitrogens with one attached hydrogen (secondary N) is 2. The van der Waals surface area contributed by atoms with Gasteiger partial charge in [0.2, 0.25) is 5.95 Å². The summed E-state index contributed by atoms with van der Waals surface area (Å²) in [5.74, 6) is 7.80. The first-order valence-electron chi connectivity index (χ1n) is 5.59. The summed E-state index contributed by atoms with van der Waals surface area (Å²) >= 11 is 0. The second kappa shape index (κ2) is 5.65. The molecule has 1 unspecified atom stereocenters. The van der Waals surface area contributed by atoms with Gasteiger partial charge in [-0.1, -0.05) is 20.8 Å². The first-order valence-corrected chi connectivity index (χ1v) is 5.59. The highest BCUT2D eigenvalue weighted by Gasteiger charge is 2.07. The Bertz CT molecular complexity index is 337. The van der Waals surface area contributed by atoms with Crippen LogP contribution in [0.15, 0.2) is 6.07 Å². The van der Waals surface area contributed by atoms with Crippen LogP contribution < -0.4 is 16.6 Å². The van der Waals surface area contributed by atoms with E-state index in [0.717, 1.165) is 18.1 Å². The topological polar surface area (TPSA) is 75.9 Å². The van der Waals surface area contributed by atoms with Crippen LogP contribution in [0.2, 0.25) is 0 Å². The Labute approximate surface area is 96.8 Å². The summed E-state index contributed by atoms with van der Waals surface area (Å²) in [5, 5.41) is 3.29. The van der Waals surface area contributed by atoms with Crippen LogP contribution in [-0.4, -0.2) is 16.5 Å². The second-order valence-corrected chi connectivity index (χ2v) is 4.46. The molecule has 1 aromatic heterocycles. The van der Waals surface area contributed by atoms with Gasteiger partial charge in [0, 0.05) is 18.3 Å². The van der Waals surface area contributed by atoms with Gasteiger partial charge < -0.3 is 5.32 Å². The fraction of sp³-hybridized carbons (Fsp3) is 0.636. The molecule has 0 bridgehead atoms. The Morgan fingerprint density at radius 3 is 2.56 bits per heavy atom. The molecule has 0 saturated heterocycles. The van der Waals surface area contributed by atoms with E-state index in [9.17, 15) is 0 Å². The molecule has 0 fully saturated rings. The highest BCUT2D eigenvalue weighted by molar-refractivity contribution is 5.41. The molecule has 1 rings (SSSR count).